The van der Waals surface area contributed by atoms with Crippen LogP contribution in [0.15, 0.2) is 23.0 Å². The molecule has 0 atom stereocenters. The van der Waals surface area contributed by atoms with Crippen LogP contribution < -0.4 is 0 Å². The lowest BCUT2D eigenvalue weighted by atomic mass is 9.98. The minimum absolute atomic E-state index is 0.329. The van der Waals surface area contributed by atoms with Crippen molar-refractivity contribution in [3.63, 3.8) is 0 Å². The molecule has 0 unspecified atom stereocenters. The first kappa shape index (κ1) is 8.54. The van der Waals surface area contributed by atoms with Gasteiger partial charge in [-0.3, -0.25) is 4.79 Å². The van der Waals surface area contributed by atoms with Crippen LogP contribution in [-0.2, 0) is 11.2 Å². The van der Waals surface area contributed by atoms with Crippen molar-refractivity contribution < 1.29 is 9.21 Å². The molecule has 2 rings (SSSR count). The summed E-state index contributed by atoms with van der Waals surface area (Å²) in [7, 11) is 0. The highest BCUT2D eigenvalue weighted by atomic mass is 16.3. The highest BCUT2D eigenvalue weighted by Crippen LogP contribution is 2.26. The van der Waals surface area contributed by atoms with Crippen molar-refractivity contribution in [1.82, 2.24) is 0 Å². The Morgan fingerprint density at radius 1 is 1.46 bits per heavy atom. The number of furan rings is 1. The van der Waals surface area contributed by atoms with Crippen LogP contribution in [0.1, 0.15) is 31.2 Å². The Kier molecular flexibility index (Phi) is 2.48. The van der Waals surface area contributed by atoms with Gasteiger partial charge >= 0.3 is 0 Å². The minimum atomic E-state index is 0.329. The van der Waals surface area contributed by atoms with Gasteiger partial charge in [-0.25, -0.2) is 0 Å². The molecular weight excluding hydrogens is 164 g/mol. The van der Waals surface area contributed by atoms with Crippen molar-refractivity contribution in [2.24, 2.45) is 5.92 Å². The predicted octanol–water partition coefficient (Wildman–Crippen LogP) is 2.58. The van der Waals surface area contributed by atoms with Gasteiger partial charge in [-0.2, -0.15) is 0 Å². The second-order valence-electron chi connectivity index (χ2n) is 3.76. The molecule has 0 N–H and O–H groups in total. The summed E-state index contributed by atoms with van der Waals surface area (Å²) in [6.45, 7) is 0. The van der Waals surface area contributed by atoms with Crippen LogP contribution in [0.4, 0.5) is 0 Å². The highest BCUT2D eigenvalue weighted by molar-refractivity contribution is 5.83. The number of carbonyl (C=O) groups excluding carboxylic acids is 1. The third-order valence-corrected chi connectivity index (χ3v) is 2.77. The molecule has 0 bridgehead atoms. The summed E-state index contributed by atoms with van der Waals surface area (Å²) < 4.78 is 4.93. The molecule has 0 amide bonds. The van der Waals surface area contributed by atoms with Crippen LogP contribution in [0, 0.1) is 5.92 Å². The molecule has 70 valence electrons. The fourth-order valence-electron chi connectivity index (χ4n) is 1.99. The van der Waals surface area contributed by atoms with E-state index in [1.807, 2.05) is 6.07 Å². The van der Waals surface area contributed by atoms with Gasteiger partial charge in [0.2, 0.25) is 0 Å². The molecule has 1 heterocycles. The smallest absolute Gasteiger partial charge is 0.140 e. The Labute approximate surface area is 77.9 Å². The third kappa shape index (κ3) is 2.00. The van der Waals surface area contributed by atoms with E-state index >= 15 is 0 Å². The zero-order valence-corrected chi connectivity index (χ0v) is 7.66. The molecule has 1 aliphatic carbocycles. The lowest BCUT2D eigenvalue weighted by Gasteiger charge is -2.05. The average molecular weight is 178 g/mol. The molecule has 1 aromatic heterocycles. The van der Waals surface area contributed by atoms with Crippen LogP contribution in [-0.4, -0.2) is 5.78 Å². The van der Waals surface area contributed by atoms with Crippen LogP contribution in [0.25, 0.3) is 0 Å². The molecule has 0 aliphatic heterocycles. The molecule has 0 aromatic carbocycles. The number of Topliss-reactive ketones (excluding diaryl/α,β-unsaturated/α-hetero) is 1. The lowest BCUT2D eigenvalue weighted by Crippen LogP contribution is -2.12. The zero-order valence-electron chi connectivity index (χ0n) is 7.66. The van der Waals surface area contributed by atoms with Crippen molar-refractivity contribution in [3.8, 4) is 0 Å². The molecule has 1 saturated carbocycles. The van der Waals surface area contributed by atoms with E-state index in [0.29, 0.717) is 18.1 Å². The van der Waals surface area contributed by atoms with E-state index in [2.05, 4.69) is 0 Å². The van der Waals surface area contributed by atoms with Gasteiger partial charge in [-0.1, -0.05) is 12.8 Å². The zero-order chi connectivity index (χ0) is 9.10. The highest BCUT2D eigenvalue weighted by Gasteiger charge is 2.22. The molecule has 1 aromatic rings. The molecule has 0 saturated heterocycles. The van der Waals surface area contributed by atoms with E-state index < -0.39 is 0 Å². The Bertz CT molecular complexity index is 268. The van der Waals surface area contributed by atoms with Crippen molar-refractivity contribution in [3.05, 3.63) is 24.2 Å². The number of hydrogen-bond acceptors (Lipinski definition) is 2. The Morgan fingerprint density at radius 3 is 2.85 bits per heavy atom. The van der Waals surface area contributed by atoms with Crippen LogP contribution >= 0.6 is 0 Å². The van der Waals surface area contributed by atoms with Crippen LogP contribution in [0.5, 0.6) is 0 Å². The van der Waals surface area contributed by atoms with Crippen LogP contribution in [0.3, 0.4) is 0 Å². The molecule has 0 radical (unpaired) electrons. The fourth-order valence-corrected chi connectivity index (χ4v) is 1.99. The summed E-state index contributed by atoms with van der Waals surface area (Å²) in [5.74, 6) is 0.716. The van der Waals surface area contributed by atoms with E-state index in [4.69, 9.17) is 4.42 Å². The maximum absolute atomic E-state index is 11.7. The van der Waals surface area contributed by atoms with Gasteiger partial charge in [0.25, 0.3) is 0 Å². The number of hydrogen-bond donors (Lipinski definition) is 0. The lowest BCUT2D eigenvalue weighted by molar-refractivity contribution is -0.122. The number of carbonyl (C=O) groups is 1. The first-order valence-electron chi connectivity index (χ1n) is 4.90. The Morgan fingerprint density at radius 2 is 2.23 bits per heavy atom. The maximum atomic E-state index is 11.7. The Hall–Kier alpha value is -1.05. The van der Waals surface area contributed by atoms with E-state index in [0.717, 1.165) is 18.4 Å². The first-order chi connectivity index (χ1) is 6.36. The van der Waals surface area contributed by atoms with Crippen molar-refractivity contribution in [2.45, 2.75) is 32.1 Å². The summed E-state index contributed by atoms with van der Waals surface area (Å²) in [5.41, 5.74) is 1.01. The summed E-state index contributed by atoms with van der Waals surface area (Å²) in [5, 5.41) is 0. The molecule has 0 spiro atoms. The Balaban J connectivity index is 1.91. The minimum Gasteiger partial charge on any atom is -0.472 e. The quantitative estimate of drug-likeness (QED) is 0.712. The number of ketones is 1. The third-order valence-electron chi connectivity index (χ3n) is 2.77. The largest absolute Gasteiger partial charge is 0.472 e. The van der Waals surface area contributed by atoms with Gasteiger partial charge in [0.15, 0.2) is 0 Å². The maximum Gasteiger partial charge on any atom is 0.140 e. The summed E-state index contributed by atoms with van der Waals surface area (Å²) in [4.78, 5) is 11.7. The topological polar surface area (TPSA) is 30.2 Å². The van der Waals surface area contributed by atoms with Gasteiger partial charge < -0.3 is 4.42 Å². The predicted molar refractivity (Wildman–Crippen MR) is 49.4 cm³/mol. The van der Waals surface area contributed by atoms with Gasteiger partial charge in [-0.15, -0.1) is 0 Å². The molecular formula is C11H14O2. The molecule has 13 heavy (non-hydrogen) atoms. The monoisotopic (exact) mass is 178 g/mol. The van der Waals surface area contributed by atoms with E-state index in [9.17, 15) is 4.79 Å². The van der Waals surface area contributed by atoms with Gasteiger partial charge in [0, 0.05) is 12.3 Å². The second-order valence-corrected chi connectivity index (χ2v) is 3.76. The fraction of sp³-hybridized carbons (Fsp3) is 0.545. The van der Waals surface area contributed by atoms with E-state index in [1.54, 1.807) is 12.5 Å². The standard InChI is InChI=1S/C11H14O2/c12-11(10-3-1-2-4-10)7-9-5-6-13-8-9/h5-6,8,10H,1-4,7H2. The SMILES string of the molecule is O=C(Cc1ccoc1)C1CCCC1. The molecule has 2 nitrogen and oxygen atoms in total. The van der Waals surface area contributed by atoms with Crippen molar-refractivity contribution in [2.75, 3.05) is 0 Å². The van der Waals surface area contributed by atoms with Crippen LogP contribution in [0.2, 0.25) is 0 Å². The summed E-state index contributed by atoms with van der Waals surface area (Å²) >= 11 is 0. The summed E-state index contributed by atoms with van der Waals surface area (Å²) in [6.07, 6.45) is 8.47. The first-order valence-corrected chi connectivity index (χ1v) is 4.90. The normalized spacial score (nSPS) is 17.8. The van der Waals surface area contributed by atoms with E-state index in [-0.39, 0.29) is 0 Å². The van der Waals surface area contributed by atoms with Gasteiger partial charge in [-0.05, 0) is 24.5 Å². The van der Waals surface area contributed by atoms with Gasteiger partial charge in [0.05, 0.1) is 12.5 Å². The van der Waals surface area contributed by atoms with Crippen molar-refractivity contribution >= 4 is 5.78 Å². The number of rotatable bonds is 3. The van der Waals surface area contributed by atoms with Crippen molar-refractivity contribution in [1.29, 1.82) is 0 Å². The van der Waals surface area contributed by atoms with E-state index in [1.165, 1.54) is 12.8 Å². The molecule has 1 fully saturated rings. The summed E-state index contributed by atoms with van der Waals surface area (Å²) in [6, 6.07) is 1.87. The molecule has 2 heteroatoms. The van der Waals surface area contributed by atoms with Gasteiger partial charge in [0.1, 0.15) is 5.78 Å². The average Bonchev–Trinajstić information content (AvgIpc) is 2.74. The molecule has 1 aliphatic rings. The second kappa shape index (κ2) is 3.77.